The Labute approximate surface area is 104 Å². The molecule has 0 radical (unpaired) electrons. The van der Waals surface area contributed by atoms with Gasteiger partial charge in [-0.15, -0.1) is 0 Å². The van der Waals surface area contributed by atoms with Gasteiger partial charge in [-0.3, -0.25) is 0 Å². The molecule has 2 nitrogen and oxygen atoms in total. The summed E-state index contributed by atoms with van der Waals surface area (Å²) in [4.78, 5) is 0. The normalized spacial score (nSPS) is 14.8. The molecule has 1 aromatic carbocycles. The molecule has 1 saturated carbocycles. The molecular formula is C10H10Cl2N2S. The fourth-order valence-electron chi connectivity index (χ4n) is 1.16. The second-order valence-electron chi connectivity index (χ2n) is 3.50. The lowest BCUT2D eigenvalue weighted by molar-refractivity contribution is 0.919. The Morgan fingerprint density at radius 2 is 2.07 bits per heavy atom. The lowest BCUT2D eigenvalue weighted by Gasteiger charge is -2.10. The molecule has 5 heteroatoms. The third-order valence-corrected chi connectivity index (χ3v) is 2.86. The molecule has 0 atom stereocenters. The molecule has 80 valence electrons. The van der Waals surface area contributed by atoms with Gasteiger partial charge in [0.05, 0.1) is 10.7 Å². The fourth-order valence-corrected chi connectivity index (χ4v) is 1.89. The van der Waals surface area contributed by atoms with Crippen LogP contribution in [0.15, 0.2) is 18.2 Å². The van der Waals surface area contributed by atoms with Crippen LogP contribution in [0.5, 0.6) is 0 Å². The summed E-state index contributed by atoms with van der Waals surface area (Å²) in [6.45, 7) is 0. The van der Waals surface area contributed by atoms with E-state index in [-0.39, 0.29) is 0 Å². The van der Waals surface area contributed by atoms with Crippen LogP contribution in [-0.2, 0) is 0 Å². The molecule has 0 unspecified atom stereocenters. The van der Waals surface area contributed by atoms with Gasteiger partial charge in [0, 0.05) is 11.1 Å². The Hall–Kier alpha value is -0.510. The highest BCUT2D eigenvalue weighted by Crippen LogP contribution is 2.25. The summed E-state index contributed by atoms with van der Waals surface area (Å²) >= 11 is 16.9. The number of hydrogen-bond donors (Lipinski definition) is 2. The first-order valence-corrected chi connectivity index (χ1v) is 5.84. The predicted octanol–water partition coefficient (Wildman–Crippen LogP) is 3.44. The van der Waals surface area contributed by atoms with E-state index in [0.29, 0.717) is 21.2 Å². The zero-order valence-electron chi connectivity index (χ0n) is 7.89. The van der Waals surface area contributed by atoms with Gasteiger partial charge in [0.15, 0.2) is 5.11 Å². The maximum Gasteiger partial charge on any atom is 0.171 e. The Bertz CT molecular complexity index is 391. The molecule has 1 aliphatic carbocycles. The third kappa shape index (κ3) is 3.23. The number of halogens is 2. The van der Waals surface area contributed by atoms with Crippen LogP contribution in [0.3, 0.4) is 0 Å². The van der Waals surface area contributed by atoms with E-state index in [9.17, 15) is 0 Å². The van der Waals surface area contributed by atoms with E-state index in [0.717, 1.165) is 5.69 Å². The summed E-state index contributed by atoms with van der Waals surface area (Å²) in [5.41, 5.74) is 0.777. The van der Waals surface area contributed by atoms with Crippen LogP contribution in [0.2, 0.25) is 10.0 Å². The first-order chi connectivity index (χ1) is 7.15. The summed E-state index contributed by atoms with van der Waals surface area (Å²) in [7, 11) is 0. The summed E-state index contributed by atoms with van der Waals surface area (Å²) in [6.07, 6.45) is 2.38. The highest BCUT2D eigenvalue weighted by atomic mass is 35.5. The van der Waals surface area contributed by atoms with Crippen LogP contribution in [0.4, 0.5) is 5.69 Å². The van der Waals surface area contributed by atoms with Crippen LogP contribution in [0.1, 0.15) is 12.8 Å². The lowest BCUT2D eigenvalue weighted by atomic mass is 10.3. The topological polar surface area (TPSA) is 24.1 Å². The van der Waals surface area contributed by atoms with Gasteiger partial charge in [-0.05, 0) is 43.3 Å². The summed E-state index contributed by atoms with van der Waals surface area (Å²) in [5.74, 6) is 0. The average Bonchev–Trinajstić information content (AvgIpc) is 2.94. The highest BCUT2D eigenvalue weighted by Gasteiger charge is 2.21. The van der Waals surface area contributed by atoms with Gasteiger partial charge >= 0.3 is 0 Å². The molecule has 1 aliphatic rings. The standard InChI is InChI=1S/C10H10Cl2N2S/c11-6-1-4-9(8(12)5-6)14-10(15)13-7-2-3-7/h1,4-5,7H,2-3H2,(H2,13,14,15). The van der Waals surface area contributed by atoms with Crippen molar-refractivity contribution in [2.24, 2.45) is 0 Å². The summed E-state index contributed by atoms with van der Waals surface area (Å²) in [6, 6.07) is 5.81. The van der Waals surface area contributed by atoms with Gasteiger partial charge in [-0.2, -0.15) is 0 Å². The molecule has 15 heavy (non-hydrogen) atoms. The minimum absolute atomic E-state index is 0.538. The molecule has 0 aliphatic heterocycles. The molecule has 2 N–H and O–H groups in total. The summed E-state index contributed by atoms with van der Waals surface area (Å²) < 4.78 is 0. The van der Waals surface area contributed by atoms with E-state index in [1.807, 2.05) is 6.07 Å². The van der Waals surface area contributed by atoms with Crippen molar-refractivity contribution in [2.75, 3.05) is 5.32 Å². The van der Waals surface area contributed by atoms with Crippen LogP contribution in [0.25, 0.3) is 0 Å². The Morgan fingerprint density at radius 1 is 1.33 bits per heavy atom. The van der Waals surface area contributed by atoms with E-state index >= 15 is 0 Å². The number of thiocarbonyl (C=S) groups is 1. The number of nitrogens with one attached hydrogen (secondary N) is 2. The van der Waals surface area contributed by atoms with Gasteiger partial charge in [-0.1, -0.05) is 23.2 Å². The Kier molecular flexibility index (Phi) is 3.34. The van der Waals surface area contributed by atoms with Crippen molar-refractivity contribution in [3.05, 3.63) is 28.2 Å². The van der Waals surface area contributed by atoms with Crippen LogP contribution >= 0.6 is 35.4 Å². The van der Waals surface area contributed by atoms with Gasteiger partial charge < -0.3 is 10.6 Å². The second-order valence-corrected chi connectivity index (χ2v) is 4.75. The third-order valence-electron chi connectivity index (χ3n) is 2.09. The van der Waals surface area contributed by atoms with Crippen molar-refractivity contribution in [3.8, 4) is 0 Å². The molecule has 0 saturated heterocycles. The Morgan fingerprint density at radius 3 is 2.67 bits per heavy atom. The SMILES string of the molecule is S=C(Nc1ccc(Cl)cc1Cl)NC1CC1. The van der Waals surface area contributed by atoms with Crippen molar-refractivity contribution >= 4 is 46.2 Å². The van der Waals surface area contributed by atoms with Gasteiger partial charge in [-0.25, -0.2) is 0 Å². The van der Waals surface area contributed by atoms with Crippen molar-refractivity contribution in [3.63, 3.8) is 0 Å². The van der Waals surface area contributed by atoms with Crippen molar-refractivity contribution < 1.29 is 0 Å². The zero-order chi connectivity index (χ0) is 10.8. The maximum atomic E-state index is 5.99. The highest BCUT2D eigenvalue weighted by molar-refractivity contribution is 7.80. The van der Waals surface area contributed by atoms with E-state index < -0.39 is 0 Å². The molecule has 1 aromatic rings. The van der Waals surface area contributed by atoms with E-state index in [2.05, 4.69) is 10.6 Å². The average molecular weight is 261 g/mol. The van der Waals surface area contributed by atoms with Crippen molar-refractivity contribution in [1.29, 1.82) is 0 Å². The van der Waals surface area contributed by atoms with E-state index in [1.165, 1.54) is 12.8 Å². The lowest BCUT2D eigenvalue weighted by Crippen LogP contribution is -2.30. The van der Waals surface area contributed by atoms with E-state index in [1.54, 1.807) is 12.1 Å². The number of anilines is 1. The first-order valence-electron chi connectivity index (χ1n) is 4.68. The molecule has 2 rings (SSSR count). The molecule has 0 spiro atoms. The minimum atomic E-state index is 0.538. The number of rotatable bonds is 2. The largest absolute Gasteiger partial charge is 0.360 e. The monoisotopic (exact) mass is 260 g/mol. The van der Waals surface area contributed by atoms with Gasteiger partial charge in [0.2, 0.25) is 0 Å². The number of hydrogen-bond acceptors (Lipinski definition) is 1. The van der Waals surface area contributed by atoms with Crippen molar-refractivity contribution in [1.82, 2.24) is 5.32 Å². The second kappa shape index (κ2) is 4.56. The molecule has 1 fully saturated rings. The molecule has 0 heterocycles. The molecule has 0 aromatic heterocycles. The first kappa shape index (κ1) is 11.0. The van der Waals surface area contributed by atoms with Gasteiger partial charge in [0.25, 0.3) is 0 Å². The van der Waals surface area contributed by atoms with Crippen LogP contribution in [0, 0.1) is 0 Å². The molecule has 0 amide bonds. The van der Waals surface area contributed by atoms with Crippen molar-refractivity contribution in [2.45, 2.75) is 18.9 Å². The fraction of sp³-hybridized carbons (Fsp3) is 0.300. The van der Waals surface area contributed by atoms with Gasteiger partial charge in [0.1, 0.15) is 0 Å². The quantitative estimate of drug-likeness (QED) is 0.797. The molecule has 0 bridgehead atoms. The smallest absolute Gasteiger partial charge is 0.171 e. The predicted molar refractivity (Wildman–Crippen MR) is 68.8 cm³/mol. The Balaban J connectivity index is 1.99. The van der Waals surface area contributed by atoms with Crippen LogP contribution in [-0.4, -0.2) is 11.2 Å². The minimum Gasteiger partial charge on any atom is -0.360 e. The maximum absolute atomic E-state index is 5.99. The zero-order valence-corrected chi connectivity index (χ0v) is 10.2. The summed E-state index contributed by atoms with van der Waals surface area (Å²) in [5, 5.41) is 8.01. The van der Waals surface area contributed by atoms with Crippen LogP contribution < -0.4 is 10.6 Å². The number of benzene rings is 1. The molecular weight excluding hydrogens is 251 g/mol. The van der Waals surface area contributed by atoms with E-state index in [4.69, 9.17) is 35.4 Å².